The molecule has 0 bridgehead atoms. The van der Waals surface area contributed by atoms with Crippen molar-refractivity contribution in [2.75, 3.05) is 7.11 Å². The zero-order valence-electron chi connectivity index (χ0n) is 9.11. The molecule has 0 spiro atoms. The van der Waals surface area contributed by atoms with Gasteiger partial charge in [-0.2, -0.15) is 0 Å². The molecule has 0 saturated carbocycles. The second-order valence-corrected chi connectivity index (χ2v) is 3.64. The van der Waals surface area contributed by atoms with Crippen LogP contribution in [0.4, 0.5) is 4.39 Å². The highest BCUT2D eigenvalue weighted by atomic mass is 19.1. The third-order valence-electron chi connectivity index (χ3n) is 2.42. The lowest BCUT2D eigenvalue weighted by atomic mass is 10.0. The topological polar surface area (TPSA) is 9.23 Å². The lowest BCUT2D eigenvalue weighted by Crippen LogP contribution is -1.87. The normalized spacial score (nSPS) is 10.4. The Morgan fingerprint density at radius 1 is 1.00 bits per heavy atom. The lowest BCUT2D eigenvalue weighted by Gasteiger charge is -2.04. The Morgan fingerprint density at radius 2 is 1.75 bits per heavy atom. The van der Waals surface area contributed by atoms with Crippen molar-refractivity contribution >= 4 is 0 Å². The molecule has 0 N–H and O–H groups in total. The summed E-state index contributed by atoms with van der Waals surface area (Å²) < 4.78 is 18.1. The maximum Gasteiger partial charge on any atom is 0.123 e. The molecule has 2 rings (SSSR count). The van der Waals surface area contributed by atoms with Gasteiger partial charge in [-0.1, -0.05) is 36.4 Å². The van der Waals surface area contributed by atoms with Crippen LogP contribution in [0.5, 0.6) is 0 Å². The summed E-state index contributed by atoms with van der Waals surface area (Å²) >= 11 is 0. The molecular formula is C14H13FO. The fraction of sp³-hybridized carbons (Fsp3) is 0.143. The molecule has 0 aliphatic heterocycles. The highest BCUT2D eigenvalue weighted by Gasteiger charge is 1.99. The summed E-state index contributed by atoms with van der Waals surface area (Å²) in [6, 6.07) is 14.5. The summed E-state index contributed by atoms with van der Waals surface area (Å²) in [7, 11) is 1.67. The molecule has 0 aliphatic carbocycles. The summed E-state index contributed by atoms with van der Waals surface area (Å²) in [6.07, 6.45) is 0. The Kier molecular flexibility index (Phi) is 3.32. The standard InChI is InChI=1S/C14H13FO/c1-16-10-11-5-7-12(8-6-11)13-3-2-4-14(15)9-13/h2-9H,10H2,1H3. The molecule has 0 amide bonds. The third-order valence-corrected chi connectivity index (χ3v) is 2.42. The Morgan fingerprint density at radius 3 is 2.38 bits per heavy atom. The van der Waals surface area contributed by atoms with Crippen molar-refractivity contribution in [3.8, 4) is 11.1 Å². The average molecular weight is 216 g/mol. The van der Waals surface area contributed by atoms with Crippen LogP contribution in [0.25, 0.3) is 11.1 Å². The monoisotopic (exact) mass is 216 g/mol. The predicted molar refractivity (Wildman–Crippen MR) is 62.5 cm³/mol. The van der Waals surface area contributed by atoms with Gasteiger partial charge in [-0.05, 0) is 28.8 Å². The molecule has 2 heteroatoms. The van der Waals surface area contributed by atoms with Crippen LogP contribution in [0, 0.1) is 5.82 Å². The van der Waals surface area contributed by atoms with Gasteiger partial charge in [0.1, 0.15) is 5.82 Å². The smallest absolute Gasteiger partial charge is 0.123 e. The van der Waals surface area contributed by atoms with Gasteiger partial charge in [0.25, 0.3) is 0 Å². The van der Waals surface area contributed by atoms with Gasteiger partial charge in [0.05, 0.1) is 6.61 Å². The summed E-state index contributed by atoms with van der Waals surface area (Å²) in [5.74, 6) is -0.210. The summed E-state index contributed by atoms with van der Waals surface area (Å²) in [5, 5.41) is 0. The summed E-state index contributed by atoms with van der Waals surface area (Å²) in [5.41, 5.74) is 3.02. The number of benzene rings is 2. The quantitative estimate of drug-likeness (QED) is 0.761. The molecule has 0 atom stereocenters. The Hall–Kier alpha value is -1.67. The highest BCUT2D eigenvalue weighted by Crippen LogP contribution is 2.20. The first kappa shape index (κ1) is 10.8. The predicted octanol–water partition coefficient (Wildman–Crippen LogP) is 3.64. The van der Waals surface area contributed by atoms with E-state index in [1.54, 1.807) is 13.2 Å². The zero-order chi connectivity index (χ0) is 11.4. The van der Waals surface area contributed by atoms with Gasteiger partial charge in [-0.15, -0.1) is 0 Å². The van der Waals surface area contributed by atoms with E-state index in [4.69, 9.17) is 4.74 Å². The van der Waals surface area contributed by atoms with Crippen molar-refractivity contribution in [2.24, 2.45) is 0 Å². The molecule has 0 unspecified atom stereocenters. The van der Waals surface area contributed by atoms with Crippen LogP contribution in [-0.2, 0) is 11.3 Å². The Bertz CT molecular complexity index is 462. The van der Waals surface area contributed by atoms with Crippen LogP contribution in [0.3, 0.4) is 0 Å². The van der Waals surface area contributed by atoms with Crippen molar-refractivity contribution in [3.63, 3.8) is 0 Å². The number of hydrogen-bond acceptors (Lipinski definition) is 1. The molecule has 2 aromatic rings. The summed E-state index contributed by atoms with van der Waals surface area (Å²) in [4.78, 5) is 0. The van der Waals surface area contributed by atoms with E-state index in [1.807, 2.05) is 30.3 Å². The van der Waals surface area contributed by atoms with Gasteiger partial charge >= 0.3 is 0 Å². The maximum absolute atomic E-state index is 13.0. The first-order valence-electron chi connectivity index (χ1n) is 5.13. The lowest BCUT2D eigenvalue weighted by molar-refractivity contribution is 0.185. The number of ether oxygens (including phenoxy) is 1. The Balaban J connectivity index is 2.27. The minimum atomic E-state index is -0.210. The van der Waals surface area contributed by atoms with Gasteiger partial charge in [0.2, 0.25) is 0 Å². The van der Waals surface area contributed by atoms with Crippen LogP contribution in [0.15, 0.2) is 48.5 Å². The molecule has 82 valence electrons. The molecule has 1 nitrogen and oxygen atoms in total. The van der Waals surface area contributed by atoms with Crippen molar-refractivity contribution in [3.05, 3.63) is 59.9 Å². The van der Waals surface area contributed by atoms with Crippen LogP contribution in [-0.4, -0.2) is 7.11 Å². The van der Waals surface area contributed by atoms with Crippen molar-refractivity contribution in [1.82, 2.24) is 0 Å². The van der Waals surface area contributed by atoms with E-state index < -0.39 is 0 Å². The first-order valence-corrected chi connectivity index (χ1v) is 5.13. The second kappa shape index (κ2) is 4.90. The van der Waals surface area contributed by atoms with Crippen molar-refractivity contribution < 1.29 is 9.13 Å². The fourth-order valence-corrected chi connectivity index (χ4v) is 1.63. The SMILES string of the molecule is COCc1ccc(-c2cccc(F)c2)cc1. The molecule has 0 radical (unpaired) electrons. The van der Waals surface area contributed by atoms with E-state index in [0.717, 1.165) is 16.7 Å². The van der Waals surface area contributed by atoms with E-state index in [2.05, 4.69) is 0 Å². The minimum absolute atomic E-state index is 0.210. The largest absolute Gasteiger partial charge is 0.380 e. The minimum Gasteiger partial charge on any atom is -0.380 e. The van der Waals surface area contributed by atoms with Gasteiger partial charge < -0.3 is 4.74 Å². The summed E-state index contributed by atoms with van der Waals surface area (Å²) in [6.45, 7) is 0.601. The van der Waals surface area contributed by atoms with Crippen LogP contribution < -0.4 is 0 Å². The van der Waals surface area contributed by atoms with E-state index in [-0.39, 0.29) is 5.82 Å². The zero-order valence-corrected chi connectivity index (χ0v) is 9.11. The highest BCUT2D eigenvalue weighted by molar-refractivity contribution is 5.63. The molecule has 0 saturated heterocycles. The average Bonchev–Trinajstić information content (AvgIpc) is 2.30. The van der Waals surface area contributed by atoms with Gasteiger partial charge in [0, 0.05) is 7.11 Å². The molecule has 0 heterocycles. The van der Waals surface area contributed by atoms with Crippen LogP contribution in [0.1, 0.15) is 5.56 Å². The molecule has 0 fully saturated rings. The maximum atomic E-state index is 13.0. The van der Waals surface area contributed by atoms with Crippen molar-refractivity contribution in [1.29, 1.82) is 0 Å². The van der Waals surface area contributed by atoms with E-state index in [9.17, 15) is 4.39 Å². The number of hydrogen-bond donors (Lipinski definition) is 0. The van der Waals surface area contributed by atoms with Gasteiger partial charge in [0.15, 0.2) is 0 Å². The van der Waals surface area contributed by atoms with E-state index in [1.165, 1.54) is 12.1 Å². The first-order chi connectivity index (χ1) is 7.79. The molecular weight excluding hydrogens is 203 g/mol. The van der Waals surface area contributed by atoms with Gasteiger partial charge in [-0.3, -0.25) is 0 Å². The number of rotatable bonds is 3. The van der Waals surface area contributed by atoms with E-state index >= 15 is 0 Å². The second-order valence-electron chi connectivity index (χ2n) is 3.64. The van der Waals surface area contributed by atoms with Crippen LogP contribution in [0.2, 0.25) is 0 Å². The number of methoxy groups -OCH3 is 1. The molecule has 2 aromatic carbocycles. The Labute approximate surface area is 94.5 Å². The molecule has 16 heavy (non-hydrogen) atoms. The van der Waals surface area contributed by atoms with Crippen LogP contribution >= 0.6 is 0 Å². The third kappa shape index (κ3) is 2.47. The fourth-order valence-electron chi connectivity index (χ4n) is 1.63. The molecule has 0 aliphatic rings. The number of halogens is 1. The van der Waals surface area contributed by atoms with Crippen molar-refractivity contribution in [2.45, 2.75) is 6.61 Å². The van der Waals surface area contributed by atoms with Gasteiger partial charge in [-0.25, -0.2) is 4.39 Å². The molecule has 0 aromatic heterocycles. The van der Waals surface area contributed by atoms with E-state index in [0.29, 0.717) is 6.61 Å².